The SMILES string of the molecule is Cc1cnccc1NCC(O)c1ccc(N)cc1. The maximum Gasteiger partial charge on any atom is 0.0962 e. The van der Waals surface area contributed by atoms with E-state index in [-0.39, 0.29) is 0 Å². The van der Waals surface area contributed by atoms with Crippen molar-refractivity contribution in [3.8, 4) is 0 Å². The largest absolute Gasteiger partial charge is 0.399 e. The Kier molecular flexibility index (Phi) is 3.79. The summed E-state index contributed by atoms with van der Waals surface area (Å²) in [6, 6.07) is 9.14. The Morgan fingerprint density at radius 1 is 1.28 bits per heavy atom. The number of pyridine rings is 1. The molecule has 0 aliphatic carbocycles. The molecule has 0 saturated heterocycles. The van der Waals surface area contributed by atoms with E-state index in [0.29, 0.717) is 12.2 Å². The molecular formula is C14H17N3O. The van der Waals surface area contributed by atoms with E-state index in [1.807, 2.05) is 25.1 Å². The Bertz CT molecular complexity index is 511. The minimum Gasteiger partial charge on any atom is -0.399 e. The molecular weight excluding hydrogens is 226 g/mol. The van der Waals surface area contributed by atoms with Crippen LogP contribution in [0.1, 0.15) is 17.2 Å². The number of nitrogen functional groups attached to an aromatic ring is 1. The number of hydrogen-bond acceptors (Lipinski definition) is 4. The molecule has 2 rings (SSSR count). The summed E-state index contributed by atoms with van der Waals surface area (Å²) in [7, 11) is 0. The van der Waals surface area contributed by atoms with Gasteiger partial charge in [0.05, 0.1) is 6.10 Å². The zero-order valence-electron chi connectivity index (χ0n) is 10.3. The highest BCUT2D eigenvalue weighted by Gasteiger charge is 2.07. The fourth-order valence-corrected chi connectivity index (χ4v) is 1.71. The second-order valence-corrected chi connectivity index (χ2v) is 4.25. The van der Waals surface area contributed by atoms with Crippen LogP contribution in [-0.4, -0.2) is 16.6 Å². The van der Waals surface area contributed by atoms with E-state index < -0.39 is 6.10 Å². The number of nitrogens with zero attached hydrogens (tertiary/aromatic N) is 1. The molecule has 1 unspecified atom stereocenters. The summed E-state index contributed by atoms with van der Waals surface area (Å²) in [5.74, 6) is 0. The molecule has 0 aliphatic heterocycles. The molecule has 0 fully saturated rings. The number of anilines is 2. The van der Waals surface area contributed by atoms with Gasteiger partial charge in [-0.1, -0.05) is 12.1 Å². The van der Waals surface area contributed by atoms with E-state index in [2.05, 4.69) is 10.3 Å². The van der Waals surface area contributed by atoms with E-state index in [9.17, 15) is 5.11 Å². The third-order valence-electron chi connectivity index (χ3n) is 2.83. The number of nitrogens with one attached hydrogen (secondary N) is 1. The molecule has 0 saturated carbocycles. The highest BCUT2D eigenvalue weighted by Crippen LogP contribution is 2.17. The molecule has 1 aromatic heterocycles. The van der Waals surface area contributed by atoms with Crippen molar-refractivity contribution < 1.29 is 5.11 Å². The molecule has 94 valence electrons. The van der Waals surface area contributed by atoms with Gasteiger partial charge in [-0.2, -0.15) is 0 Å². The van der Waals surface area contributed by atoms with Crippen molar-refractivity contribution in [3.05, 3.63) is 53.9 Å². The molecule has 0 amide bonds. The van der Waals surface area contributed by atoms with Crippen molar-refractivity contribution in [2.45, 2.75) is 13.0 Å². The number of aryl methyl sites for hydroxylation is 1. The molecule has 0 radical (unpaired) electrons. The van der Waals surface area contributed by atoms with Crippen molar-refractivity contribution in [1.29, 1.82) is 0 Å². The summed E-state index contributed by atoms with van der Waals surface area (Å²) in [4.78, 5) is 4.02. The molecule has 4 nitrogen and oxygen atoms in total. The van der Waals surface area contributed by atoms with Crippen molar-refractivity contribution in [3.63, 3.8) is 0 Å². The van der Waals surface area contributed by atoms with E-state index >= 15 is 0 Å². The van der Waals surface area contributed by atoms with Crippen LogP contribution < -0.4 is 11.1 Å². The van der Waals surface area contributed by atoms with Gasteiger partial charge in [-0.15, -0.1) is 0 Å². The summed E-state index contributed by atoms with van der Waals surface area (Å²) in [6.45, 7) is 2.43. The second kappa shape index (κ2) is 5.51. The summed E-state index contributed by atoms with van der Waals surface area (Å²) < 4.78 is 0. The standard InChI is InChI=1S/C14H17N3O/c1-10-8-16-7-6-13(10)17-9-14(18)11-2-4-12(15)5-3-11/h2-8,14,18H,9,15H2,1H3,(H,16,17). The van der Waals surface area contributed by atoms with E-state index in [1.54, 1.807) is 24.5 Å². The lowest BCUT2D eigenvalue weighted by Crippen LogP contribution is -2.12. The molecule has 4 N–H and O–H groups in total. The van der Waals surface area contributed by atoms with Crippen LogP contribution in [0.25, 0.3) is 0 Å². The van der Waals surface area contributed by atoms with Crippen molar-refractivity contribution in [1.82, 2.24) is 4.98 Å². The first-order chi connectivity index (χ1) is 8.66. The fraction of sp³-hybridized carbons (Fsp3) is 0.214. The lowest BCUT2D eigenvalue weighted by molar-refractivity contribution is 0.191. The predicted molar refractivity (Wildman–Crippen MR) is 73.3 cm³/mol. The van der Waals surface area contributed by atoms with Crippen LogP contribution in [0.2, 0.25) is 0 Å². The second-order valence-electron chi connectivity index (χ2n) is 4.25. The van der Waals surface area contributed by atoms with Crippen molar-refractivity contribution >= 4 is 11.4 Å². The van der Waals surface area contributed by atoms with E-state index in [0.717, 1.165) is 16.8 Å². The summed E-state index contributed by atoms with van der Waals surface area (Å²) >= 11 is 0. The topological polar surface area (TPSA) is 71.2 Å². The van der Waals surface area contributed by atoms with Gasteiger partial charge in [0.15, 0.2) is 0 Å². The Hall–Kier alpha value is -2.07. The van der Waals surface area contributed by atoms with Gasteiger partial charge in [0, 0.05) is 30.3 Å². The van der Waals surface area contributed by atoms with Crippen LogP contribution in [0, 0.1) is 6.92 Å². The van der Waals surface area contributed by atoms with Crippen LogP contribution in [0.5, 0.6) is 0 Å². The Labute approximate surface area is 106 Å². The van der Waals surface area contributed by atoms with Gasteiger partial charge < -0.3 is 16.2 Å². The van der Waals surface area contributed by atoms with Crippen LogP contribution >= 0.6 is 0 Å². The maximum absolute atomic E-state index is 10.0. The van der Waals surface area contributed by atoms with Crippen LogP contribution in [-0.2, 0) is 0 Å². The lowest BCUT2D eigenvalue weighted by atomic mass is 10.1. The Morgan fingerprint density at radius 3 is 2.67 bits per heavy atom. The van der Waals surface area contributed by atoms with Gasteiger partial charge in [0.25, 0.3) is 0 Å². The normalized spacial score (nSPS) is 12.1. The van der Waals surface area contributed by atoms with Gasteiger partial charge in [0.1, 0.15) is 0 Å². The molecule has 0 bridgehead atoms. The number of aliphatic hydroxyl groups excluding tert-OH is 1. The van der Waals surface area contributed by atoms with Crippen molar-refractivity contribution in [2.24, 2.45) is 0 Å². The molecule has 1 aromatic carbocycles. The van der Waals surface area contributed by atoms with Gasteiger partial charge in [-0.25, -0.2) is 0 Å². The van der Waals surface area contributed by atoms with Crippen molar-refractivity contribution in [2.75, 3.05) is 17.6 Å². The quantitative estimate of drug-likeness (QED) is 0.719. The van der Waals surface area contributed by atoms with Crippen LogP contribution in [0.15, 0.2) is 42.7 Å². The third kappa shape index (κ3) is 2.99. The first-order valence-corrected chi connectivity index (χ1v) is 5.85. The highest BCUT2D eigenvalue weighted by atomic mass is 16.3. The number of nitrogens with two attached hydrogens (primary N) is 1. The highest BCUT2D eigenvalue weighted by molar-refractivity contribution is 5.49. The molecule has 2 aromatic rings. The number of rotatable bonds is 4. The number of benzene rings is 1. The third-order valence-corrected chi connectivity index (χ3v) is 2.83. The monoisotopic (exact) mass is 243 g/mol. The van der Waals surface area contributed by atoms with Gasteiger partial charge in [0.2, 0.25) is 0 Å². The molecule has 0 spiro atoms. The van der Waals surface area contributed by atoms with Crippen LogP contribution in [0.3, 0.4) is 0 Å². The molecule has 1 heterocycles. The zero-order valence-corrected chi connectivity index (χ0v) is 10.3. The van der Waals surface area contributed by atoms with E-state index in [1.165, 1.54) is 0 Å². The maximum atomic E-state index is 10.0. The summed E-state index contributed by atoms with van der Waals surface area (Å²) in [5, 5.41) is 13.2. The molecule has 0 aliphatic rings. The molecule has 18 heavy (non-hydrogen) atoms. The minimum absolute atomic E-state index is 0.453. The smallest absolute Gasteiger partial charge is 0.0962 e. The lowest BCUT2D eigenvalue weighted by Gasteiger charge is -2.14. The fourth-order valence-electron chi connectivity index (χ4n) is 1.71. The zero-order chi connectivity index (χ0) is 13.0. The Morgan fingerprint density at radius 2 is 2.00 bits per heavy atom. The number of aliphatic hydroxyl groups is 1. The predicted octanol–water partition coefficient (Wildman–Crippen LogP) is 2.12. The van der Waals surface area contributed by atoms with Gasteiger partial charge in [-0.05, 0) is 36.2 Å². The average Bonchev–Trinajstić information content (AvgIpc) is 2.38. The summed E-state index contributed by atoms with van der Waals surface area (Å²) in [5.41, 5.74) is 9.20. The molecule has 4 heteroatoms. The number of hydrogen-bond donors (Lipinski definition) is 3. The molecule has 1 atom stereocenters. The van der Waals surface area contributed by atoms with E-state index in [4.69, 9.17) is 5.73 Å². The first-order valence-electron chi connectivity index (χ1n) is 5.85. The first kappa shape index (κ1) is 12.4. The Balaban J connectivity index is 1.98. The average molecular weight is 243 g/mol. The van der Waals surface area contributed by atoms with Gasteiger partial charge in [-0.3, -0.25) is 4.98 Å². The minimum atomic E-state index is -0.557. The van der Waals surface area contributed by atoms with Crippen LogP contribution in [0.4, 0.5) is 11.4 Å². The number of aromatic nitrogens is 1. The van der Waals surface area contributed by atoms with Gasteiger partial charge >= 0.3 is 0 Å². The summed E-state index contributed by atoms with van der Waals surface area (Å²) in [6.07, 6.45) is 2.96.